The average molecular weight is 915 g/mol. The number of thiophene rings is 1. The van der Waals surface area contributed by atoms with Crippen LogP contribution < -0.4 is 20.7 Å². The molecule has 0 atom stereocenters. The van der Waals surface area contributed by atoms with Crippen molar-refractivity contribution in [2.24, 2.45) is 0 Å². The summed E-state index contributed by atoms with van der Waals surface area (Å²) >= 11 is 1.84. The topological polar surface area (TPSA) is 43.6 Å². The van der Waals surface area contributed by atoms with Crippen molar-refractivity contribution in [3.8, 4) is 51.0 Å². The summed E-state index contributed by atoms with van der Waals surface area (Å²) in [6, 6.07) is 91.9. The molecule has 324 valence electrons. The second-order valence-electron chi connectivity index (χ2n) is 17.5. The Morgan fingerprint density at radius 3 is 1.42 bits per heavy atom. The van der Waals surface area contributed by atoms with Crippen LogP contribution in [0.25, 0.3) is 93.0 Å². The molecule has 10 aromatic carbocycles. The largest absolute Gasteiger partial charge is 0.309 e. The van der Waals surface area contributed by atoms with Crippen LogP contribution in [0.2, 0.25) is 0 Å². The van der Waals surface area contributed by atoms with Crippen molar-refractivity contribution in [1.29, 1.82) is 0 Å². The Bertz CT molecular complexity index is 3860. The molecule has 0 saturated heterocycles. The second-order valence-corrected chi connectivity index (χ2v) is 22.3. The van der Waals surface area contributed by atoms with Gasteiger partial charge in [0.15, 0.2) is 25.5 Å². The van der Waals surface area contributed by atoms with E-state index in [1.807, 2.05) is 11.3 Å². The molecule has 0 aliphatic carbocycles. The highest BCUT2D eigenvalue weighted by molar-refractivity contribution is 7.26. The first kappa shape index (κ1) is 40.7. The third kappa shape index (κ3) is 6.83. The third-order valence-corrected chi connectivity index (χ3v) is 19.6. The summed E-state index contributed by atoms with van der Waals surface area (Å²) in [5.74, 6) is 1.86. The van der Waals surface area contributed by atoms with Gasteiger partial charge in [0.1, 0.15) is 0 Å². The fraction of sp³-hybridized carbons (Fsp3) is 0. The van der Waals surface area contributed by atoms with E-state index in [1.54, 1.807) is 0 Å². The Hall–Kier alpha value is -8.55. The molecule has 6 heteroatoms. The van der Waals surface area contributed by atoms with Crippen LogP contribution in [0.15, 0.2) is 255 Å². The van der Waals surface area contributed by atoms with Gasteiger partial charge in [-0.2, -0.15) is 0 Å². The summed E-state index contributed by atoms with van der Waals surface area (Å²) in [6.07, 6.45) is 0. The molecule has 0 radical (unpaired) electrons. The molecule has 0 saturated carbocycles. The van der Waals surface area contributed by atoms with E-state index in [9.17, 15) is 0 Å². The summed E-state index contributed by atoms with van der Waals surface area (Å²) in [4.78, 5) is 16.3. The van der Waals surface area contributed by atoms with E-state index in [-0.39, 0.29) is 0 Å². The highest BCUT2D eigenvalue weighted by atomic mass is 32.1. The number of hydrogen-bond donors (Lipinski definition) is 0. The summed E-state index contributed by atoms with van der Waals surface area (Å²) in [7, 11) is -2.86. The van der Waals surface area contributed by atoms with Gasteiger partial charge in [-0.05, 0) is 68.8 Å². The fourth-order valence-corrected chi connectivity index (χ4v) is 16.6. The molecule has 4 nitrogen and oxygen atoms in total. The van der Waals surface area contributed by atoms with E-state index in [0.29, 0.717) is 17.5 Å². The van der Waals surface area contributed by atoms with Crippen molar-refractivity contribution in [1.82, 2.24) is 19.5 Å². The van der Waals surface area contributed by atoms with Gasteiger partial charge < -0.3 is 4.57 Å². The van der Waals surface area contributed by atoms with E-state index < -0.39 is 8.07 Å². The first-order valence-electron chi connectivity index (χ1n) is 23.3. The fourth-order valence-electron chi connectivity index (χ4n) is 10.5. The molecule has 0 aliphatic rings. The van der Waals surface area contributed by atoms with Crippen LogP contribution in [-0.2, 0) is 0 Å². The van der Waals surface area contributed by atoms with Crippen LogP contribution in [-0.4, -0.2) is 27.6 Å². The van der Waals surface area contributed by atoms with Crippen LogP contribution in [0.1, 0.15) is 0 Å². The molecule has 13 rings (SSSR count). The van der Waals surface area contributed by atoms with Crippen molar-refractivity contribution < 1.29 is 0 Å². The Balaban J connectivity index is 1.02. The summed E-state index contributed by atoms with van der Waals surface area (Å²) in [6.45, 7) is 0. The number of benzene rings is 10. The van der Waals surface area contributed by atoms with Gasteiger partial charge in [0, 0.05) is 58.9 Å². The lowest BCUT2D eigenvalue weighted by atomic mass is 9.97. The van der Waals surface area contributed by atoms with Crippen LogP contribution in [0.3, 0.4) is 0 Å². The Labute approximate surface area is 405 Å². The van der Waals surface area contributed by atoms with Gasteiger partial charge >= 0.3 is 0 Å². The summed E-state index contributed by atoms with van der Waals surface area (Å²) in [5.41, 5.74) is 8.45. The van der Waals surface area contributed by atoms with Gasteiger partial charge in [-0.15, -0.1) is 11.3 Å². The molecule has 0 amide bonds. The highest BCUT2D eigenvalue weighted by Crippen LogP contribution is 2.42. The summed E-state index contributed by atoms with van der Waals surface area (Å²) < 4.78 is 4.86. The van der Waals surface area contributed by atoms with Gasteiger partial charge in [0.25, 0.3) is 0 Å². The predicted octanol–water partition coefficient (Wildman–Crippen LogP) is 13.4. The Morgan fingerprint density at radius 2 is 0.783 bits per heavy atom. The van der Waals surface area contributed by atoms with Crippen LogP contribution >= 0.6 is 11.3 Å². The lowest BCUT2D eigenvalue weighted by Gasteiger charge is -2.34. The SMILES string of the molecule is c1ccc([Si](c2ccccc2)(c2ccccc2)c2cccc(-c3nc(-c4ccc(-n5c6ccccc6c6ccccc65)cc4)nc(-c4ccccc4-c4cccc5c4sc4ccccc45)n3)c2)cc1. The molecule has 0 fully saturated rings. The van der Waals surface area contributed by atoms with E-state index in [4.69, 9.17) is 15.0 Å². The number of nitrogens with zero attached hydrogens (tertiary/aromatic N) is 4. The molecule has 0 aliphatic heterocycles. The van der Waals surface area contributed by atoms with Gasteiger partial charge in [0.05, 0.1) is 11.0 Å². The monoisotopic (exact) mass is 914 g/mol. The molecule has 13 aromatic rings. The van der Waals surface area contributed by atoms with Gasteiger partial charge in [-0.25, -0.2) is 15.0 Å². The maximum Gasteiger partial charge on any atom is 0.179 e. The zero-order valence-electron chi connectivity index (χ0n) is 37.4. The van der Waals surface area contributed by atoms with Gasteiger partial charge in [0.2, 0.25) is 0 Å². The molecule has 0 spiro atoms. The van der Waals surface area contributed by atoms with Gasteiger partial charge in [-0.1, -0.05) is 212 Å². The van der Waals surface area contributed by atoms with Crippen molar-refractivity contribution >= 4 is 82.1 Å². The lowest BCUT2D eigenvalue weighted by Crippen LogP contribution is -2.74. The normalized spacial score (nSPS) is 11.8. The standard InChI is InChI=1S/C63H42N4SSi/c1-4-21-46(22-5-1)69(47-23-6-2-7-24-47,48-25-8-3-9-26-48)49-27-18-20-44(42-49)62-64-61(43-38-40-45(41-39-43)67-57-35-15-12-29-51(57)52-30-13-16-36-58(52)67)65-63(66-62)56-32-11-10-28-50(56)54-33-19-34-55-53-31-14-17-37-59(53)68-60(54)55/h1-42H. The molecular formula is C63H42N4SSi. The number of fused-ring (bicyclic) bond motifs is 6. The molecule has 0 N–H and O–H groups in total. The zero-order chi connectivity index (χ0) is 45.7. The van der Waals surface area contributed by atoms with Crippen molar-refractivity contribution in [2.45, 2.75) is 0 Å². The molecular weight excluding hydrogens is 873 g/mol. The molecule has 3 heterocycles. The zero-order valence-corrected chi connectivity index (χ0v) is 39.3. The number of rotatable bonds is 9. The second kappa shape index (κ2) is 17.0. The molecule has 3 aromatic heterocycles. The number of aromatic nitrogens is 4. The smallest absolute Gasteiger partial charge is 0.179 e. The maximum absolute atomic E-state index is 5.47. The first-order valence-corrected chi connectivity index (χ1v) is 26.2. The summed E-state index contributed by atoms with van der Waals surface area (Å²) in [5, 5.41) is 10.2. The minimum absolute atomic E-state index is 0.613. The molecule has 69 heavy (non-hydrogen) atoms. The van der Waals surface area contributed by atoms with Crippen LogP contribution in [0.5, 0.6) is 0 Å². The van der Waals surface area contributed by atoms with Gasteiger partial charge in [-0.3, -0.25) is 0 Å². The van der Waals surface area contributed by atoms with Crippen LogP contribution in [0, 0.1) is 0 Å². The number of hydrogen-bond acceptors (Lipinski definition) is 4. The van der Waals surface area contributed by atoms with E-state index >= 15 is 0 Å². The van der Waals surface area contributed by atoms with E-state index in [1.165, 1.54) is 62.7 Å². The minimum Gasteiger partial charge on any atom is -0.309 e. The highest BCUT2D eigenvalue weighted by Gasteiger charge is 2.41. The van der Waals surface area contributed by atoms with Crippen LogP contribution in [0.4, 0.5) is 0 Å². The Kier molecular flexibility index (Phi) is 10.00. The molecule has 0 bridgehead atoms. The number of para-hydroxylation sites is 2. The predicted molar refractivity (Wildman–Crippen MR) is 292 cm³/mol. The van der Waals surface area contributed by atoms with Crippen molar-refractivity contribution in [2.75, 3.05) is 0 Å². The van der Waals surface area contributed by atoms with E-state index in [0.717, 1.165) is 33.5 Å². The minimum atomic E-state index is -2.86. The average Bonchev–Trinajstić information content (AvgIpc) is 3.98. The first-order chi connectivity index (χ1) is 34.2. The maximum atomic E-state index is 5.47. The Morgan fingerprint density at radius 1 is 0.319 bits per heavy atom. The quantitative estimate of drug-likeness (QED) is 0.107. The third-order valence-electron chi connectivity index (χ3n) is 13.6. The molecule has 0 unspecified atom stereocenters. The lowest BCUT2D eigenvalue weighted by molar-refractivity contribution is 1.07. The van der Waals surface area contributed by atoms with E-state index in [2.05, 4.69) is 259 Å². The van der Waals surface area contributed by atoms with Crippen molar-refractivity contribution in [3.63, 3.8) is 0 Å². The van der Waals surface area contributed by atoms with Crippen molar-refractivity contribution in [3.05, 3.63) is 255 Å².